The summed E-state index contributed by atoms with van der Waals surface area (Å²) in [7, 11) is 0. The van der Waals surface area contributed by atoms with Gasteiger partial charge in [0.15, 0.2) is 0 Å². The van der Waals surface area contributed by atoms with Gasteiger partial charge in [-0.1, -0.05) is 30.3 Å². The van der Waals surface area contributed by atoms with Crippen molar-refractivity contribution in [1.82, 2.24) is 20.0 Å². The monoisotopic (exact) mass is 465 g/mol. The number of hydrogen-bond donors (Lipinski definition) is 1. The molecule has 0 spiro atoms. The maximum Gasteiger partial charge on any atom is 0.237 e. The number of nitriles is 1. The highest BCUT2D eigenvalue weighted by atomic mass is 16.2. The maximum atomic E-state index is 13.3. The molecule has 2 saturated heterocycles. The molecular formula is C27H39N5O2. The van der Waals surface area contributed by atoms with Crippen molar-refractivity contribution in [3.8, 4) is 6.07 Å². The van der Waals surface area contributed by atoms with Gasteiger partial charge in [0.05, 0.1) is 12.6 Å². The largest absolute Gasteiger partial charge is 0.339 e. The van der Waals surface area contributed by atoms with Gasteiger partial charge in [0, 0.05) is 50.2 Å². The summed E-state index contributed by atoms with van der Waals surface area (Å²) in [5.74, 6) is 0.426. The molecule has 0 unspecified atom stereocenters. The second-order valence-electron chi connectivity index (χ2n) is 10.4. The van der Waals surface area contributed by atoms with Gasteiger partial charge >= 0.3 is 0 Å². The van der Waals surface area contributed by atoms with Crippen LogP contribution >= 0.6 is 0 Å². The summed E-state index contributed by atoms with van der Waals surface area (Å²) in [5.41, 5.74) is 1.32. The van der Waals surface area contributed by atoms with Gasteiger partial charge in [0.2, 0.25) is 11.8 Å². The molecule has 1 aromatic carbocycles. The van der Waals surface area contributed by atoms with Gasteiger partial charge in [0.1, 0.15) is 6.04 Å². The minimum absolute atomic E-state index is 0.0265. The predicted molar refractivity (Wildman–Crippen MR) is 132 cm³/mol. The highest BCUT2D eigenvalue weighted by Gasteiger charge is 2.36. The van der Waals surface area contributed by atoms with Crippen LogP contribution < -0.4 is 5.32 Å². The first-order valence-electron chi connectivity index (χ1n) is 13.0. The van der Waals surface area contributed by atoms with Crippen molar-refractivity contribution in [2.75, 3.05) is 26.2 Å². The van der Waals surface area contributed by atoms with Crippen LogP contribution in [0.15, 0.2) is 30.3 Å². The van der Waals surface area contributed by atoms with Crippen LogP contribution in [0, 0.1) is 17.2 Å². The molecule has 184 valence electrons. The van der Waals surface area contributed by atoms with Crippen molar-refractivity contribution >= 4 is 11.8 Å². The Bertz CT molecular complexity index is 865. The minimum Gasteiger partial charge on any atom is -0.339 e. The molecule has 2 amide bonds. The Balaban J connectivity index is 1.21. The van der Waals surface area contributed by atoms with E-state index in [2.05, 4.69) is 59.3 Å². The Hall–Kier alpha value is -2.43. The second kappa shape index (κ2) is 11.3. The summed E-state index contributed by atoms with van der Waals surface area (Å²) < 4.78 is 0. The highest BCUT2D eigenvalue weighted by Crippen LogP contribution is 2.28. The Morgan fingerprint density at radius 1 is 1.03 bits per heavy atom. The molecule has 34 heavy (non-hydrogen) atoms. The van der Waals surface area contributed by atoms with Crippen LogP contribution in [0.25, 0.3) is 0 Å². The lowest BCUT2D eigenvalue weighted by Crippen LogP contribution is -2.58. The minimum atomic E-state index is -0.263. The molecule has 1 N–H and O–H groups in total. The summed E-state index contributed by atoms with van der Waals surface area (Å²) >= 11 is 0. The lowest BCUT2D eigenvalue weighted by molar-refractivity contribution is -0.141. The quantitative estimate of drug-likeness (QED) is 0.699. The number of likely N-dealkylation sites (tertiary alicyclic amines) is 1. The molecule has 3 atom stereocenters. The number of carbonyl (C=O) groups is 2. The van der Waals surface area contributed by atoms with Gasteiger partial charge in [0.25, 0.3) is 0 Å². The Morgan fingerprint density at radius 3 is 2.35 bits per heavy atom. The zero-order valence-corrected chi connectivity index (χ0v) is 20.7. The van der Waals surface area contributed by atoms with E-state index in [-0.39, 0.29) is 23.9 Å². The first kappa shape index (κ1) is 24.7. The third kappa shape index (κ3) is 5.79. The van der Waals surface area contributed by atoms with Crippen molar-refractivity contribution in [3.63, 3.8) is 0 Å². The molecule has 1 saturated carbocycles. The van der Waals surface area contributed by atoms with Crippen molar-refractivity contribution in [3.05, 3.63) is 35.9 Å². The van der Waals surface area contributed by atoms with Crippen LogP contribution in [0.1, 0.15) is 57.9 Å². The number of piperazine rings is 1. The van der Waals surface area contributed by atoms with Gasteiger partial charge in [-0.15, -0.1) is 0 Å². The van der Waals surface area contributed by atoms with Gasteiger partial charge in [-0.25, -0.2) is 0 Å². The first-order chi connectivity index (χ1) is 16.5. The number of nitrogens with one attached hydrogen (secondary N) is 1. The fourth-order valence-electron chi connectivity index (χ4n) is 5.98. The highest BCUT2D eigenvalue weighted by molar-refractivity contribution is 5.80. The topological polar surface area (TPSA) is 79.7 Å². The average Bonchev–Trinajstić information content (AvgIpc) is 3.34. The molecule has 1 aliphatic carbocycles. The van der Waals surface area contributed by atoms with Crippen molar-refractivity contribution in [2.45, 2.75) is 83.1 Å². The average molecular weight is 466 g/mol. The van der Waals surface area contributed by atoms with Gasteiger partial charge in [-0.2, -0.15) is 5.26 Å². The Labute approximate surface area is 204 Å². The number of hydrogen-bond acceptors (Lipinski definition) is 5. The summed E-state index contributed by atoms with van der Waals surface area (Å²) in [6.45, 7) is 7.95. The maximum absolute atomic E-state index is 13.3. The fourth-order valence-corrected chi connectivity index (χ4v) is 5.98. The zero-order chi connectivity index (χ0) is 24.1. The van der Waals surface area contributed by atoms with E-state index in [1.54, 1.807) is 4.90 Å². The standard InChI is InChI=1S/C27H39N5O2/c1-20-17-30(18-21(2)32(20)19-22-7-4-3-5-8-22)27(34)23-10-12-24(13-11-23)29-16-26(33)31-14-6-9-25(31)15-28/h3-5,7-8,20-21,23-25,29H,6,9-14,16-19H2,1-2H3/t20-,21+,23-,24-,25-/m0/s1. The smallest absolute Gasteiger partial charge is 0.237 e. The summed E-state index contributed by atoms with van der Waals surface area (Å²) in [5, 5.41) is 12.6. The molecule has 0 aromatic heterocycles. The molecule has 0 bridgehead atoms. The van der Waals surface area contributed by atoms with Crippen LogP contribution in [-0.2, 0) is 16.1 Å². The summed E-state index contributed by atoms with van der Waals surface area (Å²) in [6.07, 6.45) is 5.29. The van der Waals surface area contributed by atoms with E-state index in [1.165, 1.54) is 5.56 Å². The number of benzene rings is 1. The molecule has 2 heterocycles. The normalized spacial score (nSPS) is 30.2. The van der Waals surface area contributed by atoms with E-state index in [1.807, 2.05) is 6.07 Å². The van der Waals surface area contributed by atoms with E-state index in [4.69, 9.17) is 0 Å². The van der Waals surface area contributed by atoms with Crippen molar-refractivity contribution in [1.29, 1.82) is 5.26 Å². The van der Waals surface area contributed by atoms with Crippen LogP contribution in [-0.4, -0.2) is 76.9 Å². The third-order valence-corrected chi connectivity index (χ3v) is 7.96. The number of nitrogens with zero attached hydrogens (tertiary/aromatic N) is 4. The molecule has 2 aliphatic heterocycles. The van der Waals surface area contributed by atoms with Crippen LogP contribution in [0.5, 0.6) is 0 Å². The van der Waals surface area contributed by atoms with Crippen LogP contribution in [0.4, 0.5) is 0 Å². The first-order valence-corrected chi connectivity index (χ1v) is 13.0. The Kier molecular flexibility index (Phi) is 8.23. The molecule has 1 aromatic rings. The molecular weight excluding hydrogens is 426 g/mol. The van der Waals surface area contributed by atoms with Crippen molar-refractivity contribution in [2.24, 2.45) is 5.92 Å². The second-order valence-corrected chi connectivity index (χ2v) is 10.4. The number of carbonyl (C=O) groups excluding carboxylic acids is 2. The molecule has 4 rings (SSSR count). The molecule has 3 fully saturated rings. The van der Waals surface area contributed by atoms with Crippen LogP contribution in [0.3, 0.4) is 0 Å². The number of amides is 2. The summed E-state index contributed by atoms with van der Waals surface area (Å²) in [4.78, 5) is 32.1. The van der Waals surface area contributed by atoms with Gasteiger partial charge in [-0.05, 0) is 57.9 Å². The molecule has 0 radical (unpaired) electrons. The third-order valence-electron chi connectivity index (χ3n) is 7.96. The van der Waals surface area contributed by atoms with E-state index in [9.17, 15) is 14.9 Å². The Morgan fingerprint density at radius 2 is 1.71 bits per heavy atom. The van der Waals surface area contributed by atoms with E-state index >= 15 is 0 Å². The number of rotatable bonds is 6. The van der Waals surface area contributed by atoms with Crippen LogP contribution in [0.2, 0.25) is 0 Å². The van der Waals surface area contributed by atoms with Gasteiger partial charge < -0.3 is 15.1 Å². The molecule has 3 aliphatic rings. The molecule has 7 nitrogen and oxygen atoms in total. The summed E-state index contributed by atoms with van der Waals surface area (Å²) in [6, 6.07) is 13.5. The SMILES string of the molecule is C[C@@H]1CN(C(=O)[C@H]2CC[C@H](NCC(=O)N3CCC[C@H]3C#N)CC2)C[C@H](C)N1Cc1ccccc1. The van der Waals surface area contributed by atoms with E-state index in [0.29, 0.717) is 31.1 Å². The lowest BCUT2D eigenvalue weighted by Gasteiger charge is -2.45. The van der Waals surface area contributed by atoms with E-state index < -0.39 is 0 Å². The van der Waals surface area contributed by atoms with E-state index in [0.717, 1.165) is 58.2 Å². The fraction of sp³-hybridized carbons (Fsp3) is 0.667. The van der Waals surface area contributed by atoms with Gasteiger partial charge in [-0.3, -0.25) is 14.5 Å². The zero-order valence-electron chi connectivity index (χ0n) is 20.7. The molecule has 7 heteroatoms. The predicted octanol–water partition coefficient (Wildman–Crippen LogP) is 2.77. The van der Waals surface area contributed by atoms with Crippen molar-refractivity contribution < 1.29 is 9.59 Å². The lowest BCUT2D eigenvalue weighted by atomic mass is 9.84.